The zero-order valence-corrected chi connectivity index (χ0v) is 9.14. The van der Waals surface area contributed by atoms with E-state index in [0.717, 1.165) is 18.3 Å². The van der Waals surface area contributed by atoms with E-state index >= 15 is 0 Å². The van der Waals surface area contributed by atoms with Crippen LogP contribution in [0.2, 0.25) is 0 Å². The molecule has 0 spiro atoms. The number of aliphatic hydroxyl groups excluding tert-OH is 1. The molecule has 2 bridgehead atoms. The summed E-state index contributed by atoms with van der Waals surface area (Å²) in [6.07, 6.45) is 5.20. The van der Waals surface area contributed by atoms with Crippen molar-refractivity contribution in [2.45, 2.75) is 46.5 Å². The summed E-state index contributed by atoms with van der Waals surface area (Å²) in [6.45, 7) is 7.69. The number of hydrogen-bond donors (Lipinski definition) is 1. The van der Waals surface area contributed by atoms with E-state index in [-0.39, 0.29) is 0 Å². The van der Waals surface area contributed by atoms with Crippen LogP contribution in [0.5, 0.6) is 0 Å². The molecule has 1 unspecified atom stereocenters. The molecule has 2 saturated carbocycles. The van der Waals surface area contributed by atoms with Crippen LogP contribution in [0.3, 0.4) is 0 Å². The van der Waals surface area contributed by atoms with Crippen molar-refractivity contribution in [2.75, 3.05) is 6.61 Å². The molecule has 0 radical (unpaired) electrons. The van der Waals surface area contributed by atoms with Crippen molar-refractivity contribution in [3.8, 4) is 0 Å². The van der Waals surface area contributed by atoms with Crippen molar-refractivity contribution < 1.29 is 5.11 Å². The second kappa shape index (κ2) is 2.73. The van der Waals surface area contributed by atoms with Gasteiger partial charge in [0, 0.05) is 6.61 Å². The van der Waals surface area contributed by atoms with Crippen LogP contribution >= 0.6 is 0 Å². The predicted molar refractivity (Wildman–Crippen MR) is 54.4 cm³/mol. The maximum absolute atomic E-state index is 9.04. The van der Waals surface area contributed by atoms with Gasteiger partial charge in [-0.2, -0.15) is 0 Å². The van der Waals surface area contributed by atoms with E-state index in [4.69, 9.17) is 5.11 Å². The lowest BCUT2D eigenvalue weighted by Crippen LogP contribution is -2.32. The standard InChI is InChI=1S/C12H22O/c1-11(2)9-4-6-12(11,3)10(8-9)5-7-13/h9-10,13H,4-8H2,1-3H3/t9-,10?,12-/m1/s1. The van der Waals surface area contributed by atoms with Gasteiger partial charge < -0.3 is 5.11 Å². The average Bonchev–Trinajstić information content (AvgIpc) is 2.37. The van der Waals surface area contributed by atoms with Gasteiger partial charge in [0.05, 0.1) is 0 Å². The van der Waals surface area contributed by atoms with Crippen LogP contribution in [0.15, 0.2) is 0 Å². The maximum Gasteiger partial charge on any atom is 0.0433 e. The van der Waals surface area contributed by atoms with Gasteiger partial charge in [0.25, 0.3) is 0 Å². The zero-order chi connectivity index (χ0) is 9.69. The fraction of sp³-hybridized carbons (Fsp3) is 1.00. The first-order valence-electron chi connectivity index (χ1n) is 5.63. The molecule has 0 heterocycles. The molecule has 2 aliphatic rings. The van der Waals surface area contributed by atoms with Crippen molar-refractivity contribution in [3.05, 3.63) is 0 Å². The first kappa shape index (κ1) is 9.51. The quantitative estimate of drug-likeness (QED) is 0.696. The summed E-state index contributed by atoms with van der Waals surface area (Å²) in [5.41, 5.74) is 1.03. The number of fused-ring (bicyclic) bond motifs is 2. The van der Waals surface area contributed by atoms with E-state index < -0.39 is 0 Å². The second-order valence-corrected chi connectivity index (χ2v) is 5.82. The molecule has 2 fully saturated rings. The van der Waals surface area contributed by atoms with E-state index in [9.17, 15) is 0 Å². The molecule has 0 aliphatic heterocycles. The third kappa shape index (κ3) is 1.03. The Bertz CT molecular complexity index is 209. The Hall–Kier alpha value is -0.0400. The van der Waals surface area contributed by atoms with Crippen molar-refractivity contribution in [1.82, 2.24) is 0 Å². The maximum atomic E-state index is 9.04. The normalized spacial score (nSPS) is 47.1. The largest absolute Gasteiger partial charge is 0.396 e. The first-order valence-corrected chi connectivity index (χ1v) is 5.63. The Labute approximate surface area is 81.5 Å². The minimum atomic E-state index is 0.378. The van der Waals surface area contributed by atoms with Gasteiger partial charge in [-0.15, -0.1) is 0 Å². The van der Waals surface area contributed by atoms with Gasteiger partial charge in [0.2, 0.25) is 0 Å². The molecular formula is C12H22O. The van der Waals surface area contributed by atoms with Crippen LogP contribution in [-0.2, 0) is 0 Å². The molecule has 0 aromatic heterocycles. The van der Waals surface area contributed by atoms with Gasteiger partial charge in [-0.25, -0.2) is 0 Å². The lowest BCUT2D eigenvalue weighted by molar-refractivity contribution is 0.0852. The zero-order valence-electron chi connectivity index (χ0n) is 9.14. The highest BCUT2D eigenvalue weighted by molar-refractivity contribution is 5.09. The van der Waals surface area contributed by atoms with Crippen LogP contribution in [-0.4, -0.2) is 11.7 Å². The summed E-state index contributed by atoms with van der Waals surface area (Å²) in [4.78, 5) is 0. The Morgan fingerprint density at radius 3 is 2.38 bits per heavy atom. The van der Waals surface area contributed by atoms with Gasteiger partial charge >= 0.3 is 0 Å². The van der Waals surface area contributed by atoms with E-state index in [1.165, 1.54) is 19.3 Å². The molecule has 1 nitrogen and oxygen atoms in total. The van der Waals surface area contributed by atoms with E-state index in [0.29, 0.717) is 17.4 Å². The number of rotatable bonds is 2. The fourth-order valence-electron chi connectivity index (χ4n) is 3.96. The van der Waals surface area contributed by atoms with Crippen LogP contribution in [0, 0.1) is 22.7 Å². The topological polar surface area (TPSA) is 20.2 Å². The molecule has 2 aliphatic carbocycles. The van der Waals surface area contributed by atoms with Crippen molar-refractivity contribution in [2.24, 2.45) is 22.7 Å². The highest BCUT2D eigenvalue weighted by atomic mass is 16.3. The average molecular weight is 182 g/mol. The molecule has 0 aromatic rings. The van der Waals surface area contributed by atoms with Crippen LogP contribution in [0.25, 0.3) is 0 Å². The molecule has 1 heteroatoms. The summed E-state index contributed by atoms with van der Waals surface area (Å²) in [7, 11) is 0. The van der Waals surface area contributed by atoms with Crippen LogP contribution < -0.4 is 0 Å². The van der Waals surface area contributed by atoms with Gasteiger partial charge in [-0.1, -0.05) is 20.8 Å². The summed E-state index contributed by atoms with van der Waals surface area (Å²) < 4.78 is 0. The first-order chi connectivity index (χ1) is 6.02. The molecule has 13 heavy (non-hydrogen) atoms. The minimum absolute atomic E-state index is 0.378. The minimum Gasteiger partial charge on any atom is -0.396 e. The van der Waals surface area contributed by atoms with Gasteiger partial charge in [-0.05, 0) is 48.3 Å². The molecule has 0 amide bonds. The van der Waals surface area contributed by atoms with Gasteiger partial charge in [-0.3, -0.25) is 0 Å². The molecular weight excluding hydrogens is 160 g/mol. The van der Waals surface area contributed by atoms with Gasteiger partial charge in [0.1, 0.15) is 0 Å². The predicted octanol–water partition coefficient (Wildman–Crippen LogP) is 2.83. The van der Waals surface area contributed by atoms with Crippen LogP contribution in [0.4, 0.5) is 0 Å². The molecule has 2 rings (SSSR count). The molecule has 76 valence electrons. The van der Waals surface area contributed by atoms with Crippen LogP contribution in [0.1, 0.15) is 46.5 Å². The monoisotopic (exact) mass is 182 g/mol. The Kier molecular flexibility index (Phi) is 1.99. The lowest BCUT2D eigenvalue weighted by atomic mass is 9.66. The highest BCUT2D eigenvalue weighted by Gasteiger charge is 2.60. The smallest absolute Gasteiger partial charge is 0.0433 e. The van der Waals surface area contributed by atoms with Crippen molar-refractivity contribution in [1.29, 1.82) is 0 Å². The van der Waals surface area contributed by atoms with E-state index in [1.807, 2.05) is 0 Å². The molecule has 1 N–H and O–H groups in total. The molecule has 3 atom stereocenters. The van der Waals surface area contributed by atoms with E-state index in [1.54, 1.807) is 0 Å². The highest BCUT2D eigenvalue weighted by Crippen LogP contribution is 2.68. The third-order valence-electron chi connectivity index (χ3n) is 5.45. The Balaban J connectivity index is 2.22. The third-order valence-corrected chi connectivity index (χ3v) is 5.45. The van der Waals surface area contributed by atoms with Crippen molar-refractivity contribution in [3.63, 3.8) is 0 Å². The number of hydrogen-bond acceptors (Lipinski definition) is 1. The van der Waals surface area contributed by atoms with E-state index in [2.05, 4.69) is 20.8 Å². The summed E-state index contributed by atoms with van der Waals surface area (Å²) in [5.74, 6) is 1.71. The second-order valence-electron chi connectivity index (χ2n) is 5.82. The lowest BCUT2D eigenvalue weighted by Gasteiger charge is -2.39. The summed E-state index contributed by atoms with van der Waals surface area (Å²) in [6, 6.07) is 0. The van der Waals surface area contributed by atoms with Crippen molar-refractivity contribution >= 4 is 0 Å². The summed E-state index contributed by atoms with van der Waals surface area (Å²) in [5, 5.41) is 9.04. The van der Waals surface area contributed by atoms with Gasteiger partial charge in [0.15, 0.2) is 0 Å². The molecule has 0 aromatic carbocycles. The number of aliphatic hydroxyl groups is 1. The fourth-order valence-corrected chi connectivity index (χ4v) is 3.96. The summed E-state index contributed by atoms with van der Waals surface area (Å²) >= 11 is 0. The Morgan fingerprint density at radius 2 is 2.00 bits per heavy atom. The SMILES string of the molecule is CC1(C)[C@@H]2CC[C@]1(C)C(CCO)C2. The molecule has 0 saturated heterocycles. The Morgan fingerprint density at radius 1 is 1.31 bits per heavy atom.